The van der Waals surface area contributed by atoms with Crippen LogP contribution in [0.5, 0.6) is 0 Å². The molecule has 3 heterocycles. The van der Waals surface area contributed by atoms with E-state index in [1.165, 1.54) is 0 Å². The van der Waals surface area contributed by atoms with Gasteiger partial charge < -0.3 is 9.47 Å². The van der Waals surface area contributed by atoms with E-state index in [2.05, 4.69) is 19.9 Å². The second-order valence-electron chi connectivity index (χ2n) is 5.92. The molecule has 0 fully saturated rings. The number of aromatic nitrogens is 5. The zero-order valence-corrected chi connectivity index (χ0v) is 13.5. The Labute approximate surface area is 139 Å². The Hall–Kier alpha value is -2.96. The zero-order valence-electron chi connectivity index (χ0n) is 13.5. The summed E-state index contributed by atoms with van der Waals surface area (Å²) in [5, 5.41) is 12.4. The first kappa shape index (κ1) is 14.6. The highest BCUT2D eigenvalue weighted by atomic mass is 16.2. The molecule has 4 rings (SSSR count). The molecule has 0 spiro atoms. The normalized spacial score (nSPS) is 13.8. The molecule has 7 heteroatoms. The maximum atomic E-state index is 12.5. The highest BCUT2D eigenvalue weighted by Gasteiger charge is 2.23. The van der Waals surface area contributed by atoms with Gasteiger partial charge in [0.2, 0.25) is 5.91 Å². The second kappa shape index (κ2) is 5.92. The topological polar surface area (TPSA) is 68.8 Å². The summed E-state index contributed by atoms with van der Waals surface area (Å²) in [6.07, 6.45) is 4.03. The lowest BCUT2D eigenvalue weighted by molar-refractivity contribution is -0.132. The van der Waals surface area contributed by atoms with Crippen LogP contribution in [0.3, 0.4) is 0 Å². The molecular formula is C17H18N6O. The summed E-state index contributed by atoms with van der Waals surface area (Å²) in [5.41, 5.74) is 1.98. The Morgan fingerprint density at radius 3 is 2.75 bits per heavy atom. The molecule has 0 atom stereocenters. The van der Waals surface area contributed by atoms with E-state index in [1.807, 2.05) is 48.4 Å². The monoisotopic (exact) mass is 322 g/mol. The molecule has 0 unspecified atom stereocenters. The second-order valence-corrected chi connectivity index (χ2v) is 5.92. The quantitative estimate of drug-likeness (QED) is 0.730. The van der Waals surface area contributed by atoms with Gasteiger partial charge in [-0.2, -0.15) is 5.10 Å². The number of carbonyl (C=O) groups excluding carboxylic acids is 1. The fraction of sp³-hybridized carbons (Fsp3) is 0.294. The number of nitrogens with zero attached hydrogens (tertiary/aromatic N) is 6. The molecule has 24 heavy (non-hydrogen) atoms. The van der Waals surface area contributed by atoms with Crippen molar-refractivity contribution in [1.82, 2.24) is 29.4 Å². The van der Waals surface area contributed by atoms with E-state index in [0.717, 1.165) is 29.4 Å². The summed E-state index contributed by atoms with van der Waals surface area (Å²) < 4.78 is 3.87. The van der Waals surface area contributed by atoms with Gasteiger partial charge in [-0.3, -0.25) is 4.79 Å². The summed E-state index contributed by atoms with van der Waals surface area (Å²) >= 11 is 0. The Bertz CT molecular complexity index is 850. The van der Waals surface area contributed by atoms with Gasteiger partial charge in [0.25, 0.3) is 0 Å². The van der Waals surface area contributed by atoms with E-state index < -0.39 is 0 Å². The molecule has 0 saturated heterocycles. The number of fused-ring (bicyclic) bond motifs is 1. The molecule has 3 aromatic rings. The van der Waals surface area contributed by atoms with Gasteiger partial charge in [-0.1, -0.05) is 12.1 Å². The maximum Gasteiger partial charge on any atom is 0.227 e. The average Bonchev–Trinajstić information content (AvgIpc) is 3.26. The first-order valence-electron chi connectivity index (χ1n) is 7.96. The van der Waals surface area contributed by atoms with Gasteiger partial charge in [0.15, 0.2) is 5.82 Å². The highest BCUT2D eigenvalue weighted by molar-refractivity contribution is 5.78. The molecule has 2 aromatic heterocycles. The maximum absolute atomic E-state index is 12.5. The fourth-order valence-electron chi connectivity index (χ4n) is 2.99. The van der Waals surface area contributed by atoms with Gasteiger partial charge in [-0.05, 0) is 30.7 Å². The van der Waals surface area contributed by atoms with Crippen LogP contribution >= 0.6 is 0 Å². The molecule has 1 aromatic carbocycles. The predicted molar refractivity (Wildman–Crippen MR) is 87.4 cm³/mol. The number of hydrogen-bond acceptors (Lipinski definition) is 4. The van der Waals surface area contributed by atoms with E-state index in [1.54, 1.807) is 10.9 Å². The summed E-state index contributed by atoms with van der Waals surface area (Å²) in [7, 11) is 0. The Balaban J connectivity index is 1.43. The number of amides is 1. The van der Waals surface area contributed by atoms with Crippen LogP contribution in [0.4, 0.5) is 0 Å². The van der Waals surface area contributed by atoms with Crippen LogP contribution in [-0.2, 0) is 24.3 Å². The van der Waals surface area contributed by atoms with E-state index >= 15 is 0 Å². The molecule has 122 valence electrons. The fourth-order valence-corrected chi connectivity index (χ4v) is 2.99. The van der Waals surface area contributed by atoms with Crippen LogP contribution in [0.25, 0.3) is 5.69 Å². The smallest absolute Gasteiger partial charge is 0.227 e. The number of benzene rings is 1. The van der Waals surface area contributed by atoms with Crippen molar-refractivity contribution in [1.29, 1.82) is 0 Å². The van der Waals surface area contributed by atoms with Crippen LogP contribution in [-0.4, -0.2) is 41.9 Å². The van der Waals surface area contributed by atoms with Gasteiger partial charge in [0, 0.05) is 25.5 Å². The summed E-state index contributed by atoms with van der Waals surface area (Å²) in [4.78, 5) is 14.4. The molecule has 1 aliphatic rings. The average molecular weight is 322 g/mol. The summed E-state index contributed by atoms with van der Waals surface area (Å²) in [5.74, 6) is 1.89. The van der Waals surface area contributed by atoms with Crippen molar-refractivity contribution in [2.75, 3.05) is 6.54 Å². The molecule has 1 aliphatic heterocycles. The minimum Gasteiger partial charge on any atom is -0.333 e. The Morgan fingerprint density at radius 2 is 2.00 bits per heavy atom. The lowest BCUT2D eigenvalue weighted by Crippen LogP contribution is -2.39. The van der Waals surface area contributed by atoms with Crippen molar-refractivity contribution in [3.63, 3.8) is 0 Å². The van der Waals surface area contributed by atoms with Gasteiger partial charge in [0.1, 0.15) is 5.82 Å². The Morgan fingerprint density at radius 1 is 1.17 bits per heavy atom. The third kappa shape index (κ3) is 2.68. The first-order chi connectivity index (χ1) is 11.7. The van der Waals surface area contributed by atoms with Gasteiger partial charge >= 0.3 is 0 Å². The minimum absolute atomic E-state index is 0.119. The lowest BCUT2D eigenvalue weighted by atomic mass is 10.1. The molecule has 0 aliphatic carbocycles. The van der Waals surface area contributed by atoms with Crippen molar-refractivity contribution in [3.05, 3.63) is 59.9 Å². The van der Waals surface area contributed by atoms with Crippen molar-refractivity contribution in [3.8, 4) is 5.69 Å². The van der Waals surface area contributed by atoms with Crippen LogP contribution in [0, 0.1) is 6.92 Å². The standard InChI is InChI=1S/C17H18N6O/c1-13-19-20-16-12-21(9-10-22(13)16)17(24)11-14-3-5-15(6-4-14)23-8-2-7-18-23/h2-8H,9-12H2,1H3. The Kier molecular flexibility index (Phi) is 3.60. The predicted octanol–water partition coefficient (Wildman–Crippen LogP) is 1.36. The molecule has 0 radical (unpaired) electrons. The summed E-state index contributed by atoms with van der Waals surface area (Å²) in [6.45, 7) is 3.94. The molecular weight excluding hydrogens is 304 g/mol. The van der Waals surface area contributed by atoms with Crippen LogP contribution in [0.15, 0.2) is 42.7 Å². The first-order valence-corrected chi connectivity index (χ1v) is 7.96. The number of hydrogen-bond donors (Lipinski definition) is 0. The third-order valence-electron chi connectivity index (χ3n) is 4.35. The number of aryl methyl sites for hydroxylation is 1. The largest absolute Gasteiger partial charge is 0.333 e. The number of rotatable bonds is 3. The molecule has 7 nitrogen and oxygen atoms in total. The van der Waals surface area contributed by atoms with Gasteiger partial charge in [0.05, 0.1) is 18.7 Å². The summed E-state index contributed by atoms with van der Waals surface area (Å²) in [6, 6.07) is 9.79. The van der Waals surface area contributed by atoms with Crippen molar-refractivity contribution in [2.45, 2.75) is 26.4 Å². The van der Waals surface area contributed by atoms with Gasteiger partial charge in [-0.15, -0.1) is 10.2 Å². The minimum atomic E-state index is 0.119. The van der Waals surface area contributed by atoms with Crippen LogP contribution in [0.1, 0.15) is 17.2 Å². The van der Waals surface area contributed by atoms with E-state index in [9.17, 15) is 4.79 Å². The van der Waals surface area contributed by atoms with Crippen molar-refractivity contribution in [2.24, 2.45) is 0 Å². The van der Waals surface area contributed by atoms with E-state index in [0.29, 0.717) is 19.5 Å². The SMILES string of the molecule is Cc1nnc2n1CCN(C(=O)Cc1ccc(-n3cccn3)cc1)C2. The van der Waals surface area contributed by atoms with Gasteiger partial charge in [-0.25, -0.2) is 4.68 Å². The zero-order chi connectivity index (χ0) is 16.5. The third-order valence-corrected chi connectivity index (χ3v) is 4.35. The molecule has 0 saturated carbocycles. The highest BCUT2D eigenvalue weighted by Crippen LogP contribution is 2.15. The van der Waals surface area contributed by atoms with Crippen LogP contribution < -0.4 is 0 Å². The van der Waals surface area contributed by atoms with E-state index in [-0.39, 0.29) is 5.91 Å². The molecule has 1 amide bonds. The number of carbonyl (C=O) groups is 1. The van der Waals surface area contributed by atoms with Crippen LogP contribution in [0.2, 0.25) is 0 Å². The van der Waals surface area contributed by atoms with E-state index in [4.69, 9.17) is 0 Å². The molecule has 0 N–H and O–H groups in total. The lowest BCUT2D eigenvalue weighted by Gasteiger charge is -2.27. The van der Waals surface area contributed by atoms with Crippen molar-refractivity contribution < 1.29 is 4.79 Å². The molecule has 0 bridgehead atoms. The van der Waals surface area contributed by atoms with Crippen molar-refractivity contribution >= 4 is 5.91 Å².